The van der Waals surface area contributed by atoms with E-state index >= 15 is 0 Å². The Morgan fingerprint density at radius 2 is 1.33 bits per heavy atom. The minimum absolute atomic E-state index is 0.193. The molecule has 0 saturated carbocycles. The fourth-order valence-electron chi connectivity index (χ4n) is 0.921. The van der Waals surface area contributed by atoms with Crippen LogP contribution in [0.3, 0.4) is 0 Å². The van der Waals surface area contributed by atoms with Crippen LogP contribution in [0.2, 0.25) is 6.55 Å². The van der Waals surface area contributed by atoms with E-state index in [0.29, 0.717) is 0 Å². The molecule has 0 aliphatic carbocycles. The highest BCUT2D eigenvalue weighted by atomic mass is 28.4. The fourth-order valence-corrected chi connectivity index (χ4v) is 2.76. The van der Waals surface area contributed by atoms with Gasteiger partial charge in [-0.15, -0.1) is 0 Å². The van der Waals surface area contributed by atoms with Crippen LogP contribution in [-0.2, 0) is 28.0 Å². The molecule has 0 spiro atoms. The Balaban J connectivity index is 4.46. The fraction of sp³-hybridized carbons (Fsp3) is 0.625. The Labute approximate surface area is 88.7 Å². The van der Waals surface area contributed by atoms with E-state index in [9.17, 15) is 14.4 Å². The van der Waals surface area contributed by atoms with Crippen LogP contribution in [0.5, 0.6) is 0 Å². The van der Waals surface area contributed by atoms with Crippen LogP contribution in [0.1, 0.15) is 20.8 Å². The molecule has 6 nitrogen and oxygen atoms in total. The highest BCUT2D eigenvalue weighted by Gasteiger charge is 2.40. The highest BCUT2D eigenvalue weighted by molar-refractivity contribution is 6.69. The molecular formula is C8H14O6Si. The van der Waals surface area contributed by atoms with E-state index in [-0.39, 0.29) is 6.23 Å². The van der Waals surface area contributed by atoms with E-state index in [4.69, 9.17) is 8.85 Å². The largest absolute Gasteiger partial charge is 0.500 e. The Morgan fingerprint density at radius 1 is 0.933 bits per heavy atom. The molecule has 0 aromatic carbocycles. The molecule has 0 N–H and O–H groups in total. The van der Waals surface area contributed by atoms with Gasteiger partial charge in [0.15, 0.2) is 6.23 Å². The van der Waals surface area contributed by atoms with Crippen LogP contribution in [0.15, 0.2) is 0 Å². The van der Waals surface area contributed by atoms with Crippen LogP contribution in [0.4, 0.5) is 0 Å². The van der Waals surface area contributed by atoms with Gasteiger partial charge in [-0.25, -0.2) is 0 Å². The zero-order valence-corrected chi connectivity index (χ0v) is 10.2. The molecule has 7 heteroatoms. The molecule has 0 fully saturated rings. The van der Waals surface area contributed by atoms with Crippen molar-refractivity contribution in [2.24, 2.45) is 0 Å². The number of hydrogen-bond acceptors (Lipinski definition) is 6. The van der Waals surface area contributed by atoms with Gasteiger partial charge < -0.3 is 13.6 Å². The Hall–Kier alpha value is -1.37. The summed E-state index contributed by atoms with van der Waals surface area (Å²) in [4.78, 5) is 32.1. The quantitative estimate of drug-likeness (QED) is 0.513. The average molecular weight is 234 g/mol. The molecule has 0 unspecified atom stereocenters. The summed E-state index contributed by atoms with van der Waals surface area (Å²) in [5, 5.41) is 0. The zero-order valence-electron chi connectivity index (χ0n) is 9.16. The molecule has 0 amide bonds. The lowest BCUT2D eigenvalue weighted by molar-refractivity contribution is -0.145. The topological polar surface area (TPSA) is 78.9 Å². The molecule has 0 aromatic rings. The maximum absolute atomic E-state index is 10.8. The average Bonchev–Trinajstić information content (AvgIpc) is 1.97. The SMILES string of the molecule is CC(=O)OC[Si](C)(OC(C)=O)OC(C)=O. The van der Waals surface area contributed by atoms with Gasteiger partial charge in [0, 0.05) is 27.3 Å². The van der Waals surface area contributed by atoms with Crippen molar-refractivity contribution in [2.75, 3.05) is 6.23 Å². The number of rotatable bonds is 4. The molecule has 15 heavy (non-hydrogen) atoms. The second-order valence-corrected chi connectivity index (χ2v) is 6.07. The van der Waals surface area contributed by atoms with Crippen molar-refractivity contribution in [3.05, 3.63) is 0 Å². The molecule has 0 bridgehead atoms. The predicted octanol–water partition coefficient (Wildman–Crippen LogP) is 0.287. The Kier molecular flexibility index (Phi) is 4.99. The zero-order chi connectivity index (χ0) is 12.1. The lowest BCUT2D eigenvalue weighted by Gasteiger charge is -2.23. The summed E-state index contributed by atoms with van der Waals surface area (Å²) < 4.78 is 14.4. The molecule has 0 radical (unpaired) electrons. The summed E-state index contributed by atoms with van der Waals surface area (Å²) in [7, 11) is -3.08. The summed E-state index contributed by atoms with van der Waals surface area (Å²) in [6.45, 7) is 5.08. The number of carbonyl (C=O) groups excluding carboxylic acids is 3. The normalized spacial score (nSPS) is 10.4. The second kappa shape index (κ2) is 5.49. The number of esters is 1. The Bertz CT molecular complexity index is 258. The monoisotopic (exact) mass is 234 g/mol. The van der Waals surface area contributed by atoms with E-state index in [2.05, 4.69) is 4.74 Å². The van der Waals surface area contributed by atoms with Gasteiger partial charge in [-0.05, 0) is 0 Å². The molecule has 86 valence electrons. The van der Waals surface area contributed by atoms with E-state index < -0.39 is 26.5 Å². The lowest BCUT2D eigenvalue weighted by Crippen LogP contribution is -2.47. The molecular weight excluding hydrogens is 220 g/mol. The maximum Gasteiger partial charge on any atom is 0.500 e. The smallest absolute Gasteiger partial charge is 0.483 e. The summed E-state index contributed by atoms with van der Waals surface area (Å²) >= 11 is 0. The van der Waals surface area contributed by atoms with Crippen LogP contribution in [0, 0.1) is 0 Å². The van der Waals surface area contributed by atoms with Crippen molar-refractivity contribution in [3.63, 3.8) is 0 Å². The van der Waals surface area contributed by atoms with Crippen LogP contribution < -0.4 is 0 Å². The van der Waals surface area contributed by atoms with Crippen molar-refractivity contribution in [1.29, 1.82) is 0 Å². The molecule has 0 rings (SSSR count). The number of hydrogen-bond donors (Lipinski definition) is 0. The van der Waals surface area contributed by atoms with Gasteiger partial charge >= 0.3 is 14.5 Å². The van der Waals surface area contributed by atoms with Crippen LogP contribution in [0.25, 0.3) is 0 Å². The first kappa shape index (κ1) is 13.6. The van der Waals surface area contributed by atoms with Gasteiger partial charge in [0.1, 0.15) is 0 Å². The molecule has 0 atom stereocenters. The second-order valence-electron chi connectivity index (χ2n) is 3.10. The minimum atomic E-state index is -3.08. The van der Waals surface area contributed by atoms with E-state index in [1.165, 1.54) is 27.3 Å². The molecule has 0 heterocycles. The van der Waals surface area contributed by atoms with Crippen molar-refractivity contribution in [1.82, 2.24) is 0 Å². The predicted molar refractivity (Wildman–Crippen MR) is 51.8 cm³/mol. The van der Waals surface area contributed by atoms with E-state index in [1.807, 2.05) is 0 Å². The maximum atomic E-state index is 10.8. The van der Waals surface area contributed by atoms with Gasteiger partial charge in [-0.3, -0.25) is 14.4 Å². The van der Waals surface area contributed by atoms with Crippen molar-refractivity contribution in [2.45, 2.75) is 27.3 Å². The molecule has 0 aliphatic heterocycles. The van der Waals surface area contributed by atoms with Gasteiger partial charge in [-0.1, -0.05) is 0 Å². The van der Waals surface area contributed by atoms with E-state index in [0.717, 1.165) is 0 Å². The summed E-state index contributed by atoms with van der Waals surface area (Å²) in [5.74, 6) is -1.66. The minimum Gasteiger partial charge on any atom is -0.483 e. The summed E-state index contributed by atoms with van der Waals surface area (Å²) in [6, 6.07) is 0. The van der Waals surface area contributed by atoms with Gasteiger partial charge in [0.2, 0.25) is 0 Å². The first-order valence-corrected chi connectivity index (χ1v) is 6.80. The summed E-state index contributed by atoms with van der Waals surface area (Å²) in [5.41, 5.74) is 0. The summed E-state index contributed by atoms with van der Waals surface area (Å²) in [6.07, 6.45) is -0.193. The van der Waals surface area contributed by atoms with E-state index in [1.54, 1.807) is 0 Å². The van der Waals surface area contributed by atoms with Crippen molar-refractivity contribution in [3.8, 4) is 0 Å². The number of carbonyl (C=O) groups is 3. The van der Waals surface area contributed by atoms with Crippen LogP contribution >= 0.6 is 0 Å². The molecule has 0 aromatic heterocycles. The van der Waals surface area contributed by atoms with Crippen LogP contribution in [-0.4, -0.2) is 32.7 Å². The Morgan fingerprint density at radius 3 is 1.60 bits per heavy atom. The molecule has 0 saturated heterocycles. The first-order valence-electron chi connectivity index (χ1n) is 4.28. The third kappa shape index (κ3) is 6.67. The highest BCUT2D eigenvalue weighted by Crippen LogP contribution is 2.09. The third-order valence-corrected chi connectivity index (χ3v) is 3.36. The third-order valence-electron chi connectivity index (χ3n) is 1.26. The first-order chi connectivity index (χ1) is 6.75. The standard InChI is InChI=1S/C8H14O6Si/c1-6(9)12-5-15(4,13-7(2)10)14-8(3)11/h5H2,1-4H3. The van der Waals surface area contributed by atoms with Crippen molar-refractivity contribution < 1.29 is 28.0 Å². The van der Waals surface area contributed by atoms with Gasteiger partial charge in [0.25, 0.3) is 11.9 Å². The lowest BCUT2D eigenvalue weighted by atomic mass is 10.8. The van der Waals surface area contributed by atoms with Gasteiger partial charge in [0.05, 0.1) is 0 Å². The molecule has 0 aliphatic rings. The van der Waals surface area contributed by atoms with Gasteiger partial charge in [-0.2, -0.15) is 0 Å². The number of ether oxygens (including phenoxy) is 1. The van der Waals surface area contributed by atoms with Crippen molar-refractivity contribution >= 4 is 26.5 Å².